The van der Waals surface area contributed by atoms with Gasteiger partial charge in [0.25, 0.3) is 5.89 Å². The number of hydrogen-bond donors (Lipinski definition) is 0. The van der Waals surface area contributed by atoms with Gasteiger partial charge in [0.1, 0.15) is 0 Å². The number of benzene rings is 2. The molecule has 0 aliphatic carbocycles. The molecule has 0 unspecified atom stereocenters. The lowest BCUT2D eigenvalue weighted by Crippen LogP contribution is -2.27. The molecule has 0 saturated carbocycles. The zero-order chi connectivity index (χ0) is 28.8. The highest BCUT2D eigenvalue weighted by Crippen LogP contribution is 2.29. The number of halogens is 3. The van der Waals surface area contributed by atoms with Crippen LogP contribution in [0, 0.1) is 0 Å². The number of aryl methyl sites for hydroxylation is 1. The van der Waals surface area contributed by atoms with E-state index in [0.717, 1.165) is 31.4 Å². The van der Waals surface area contributed by atoms with E-state index in [1.807, 2.05) is 6.07 Å². The van der Waals surface area contributed by atoms with E-state index in [9.17, 15) is 22.8 Å². The number of hydrogen-bond acceptors (Lipinski definition) is 7. The van der Waals surface area contributed by atoms with E-state index < -0.39 is 17.7 Å². The maximum absolute atomic E-state index is 12.9. The Kier molecular flexibility index (Phi) is 12.3. The van der Waals surface area contributed by atoms with Gasteiger partial charge in [-0.1, -0.05) is 87.7 Å². The first kappa shape index (κ1) is 31.0. The van der Waals surface area contributed by atoms with Gasteiger partial charge >= 0.3 is 12.1 Å². The molecule has 0 aliphatic rings. The number of hydroxylamine groups is 2. The molecule has 0 saturated heterocycles. The number of alkyl halides is 3. The van der Waals surface area contributed by atoms with E-state index in [1.54, 1.807) is 18.2 Å². The summed E-state index contributed by atoms with van der Waals surface area (Å²) in [6, 6.07) is 11.7. The number of carbonyl (C=O) groups excluding carboxylic acids is 2. The summed E-state index contributed by atoms with van der Waals surface area (Å²) in [4.78, 5) is 32.1. The molecule has 3 aromatic rings. The normalized spacial score (nSPS) is 11.6. The van der Waals surface area contributed by atoms with E-state index in [1.165, 1.54) is 62.1 Å². The molecule has 2 aromatic carbocycles. The molecule has 0 aliphatic heterocycles. The summed E-state index contributed by atoms with van der Waals surface area (Å²) in [6.45, 7) is 2.28. The smallest absolute Gasteiger partial charge is 0.361 e. The van der Waals surface area contributed by atoms with Crippen LogP contribution in [0.3, 0.4) is 0 Å². The minimum Gasteiger partial charge on any atom is -0.361 e. The quantitative estimate of drug-likeness (QED) is 0.0733. The maximum Gasteiger partial charge on any atom is 0.416 e. The second kappa shape index (κ2) is 15.9. The SMILES string of the molecule is CCCCCCCCCCCc1noc(-c2cccc(CN(Cc3ccc(C(F)(F)F)cc3)OC(=O)C=O)c2)n1. The zero-order valence-electron chi connectivity index (χ0n) is 22.8. The molecule has 216 valence electrons. The van der Waals surface area contributed by atoms with Gasteiger partial charge in [0, 0.05) is 12.0 Å². The lowest BCUT2D eigenvalue weighted by Gasteiger charge is -2.20. The fraction of sp³-hybridized carbons (Fsp3) is 0.467. The van der Waals surface area contributed by atoms with Crippen molar-refractivity contribution in [1.82, 2.24) is 15.2 Å². The second-order valence-corrected chi connectivity index (χ2v) is 9.82. The van der Waals surface area contributed by atoms with Gasteiger partial charge in [-0.15, -0.1) is 5.06 Å². The summed E-state index contributed by atoms with van der Waals surface area (Å²) in [5.74, 6) is -0.0970. The third-order valence-electron chi connectivity index (χ3n) is 6.46. The Bertz CT molecular complexity index is 1200. The van der Waals surface area contributed by atoms with Crippen LogP contribution in [-0.4, -0.2) is 27.5 Å². The molecule has 1 heterocycles. The Morgan fingerprint density at radius 3 is 2.23 bits per heavy atom. The van der Waals surface area contributed by atoms with Crippen molar-refractivity contribution < 1.29 is 32.1 Å². The monoisotopic (exact) mass is 559 g/mol. The number of aldehydes is 1. The highest BCUT2D eigenvalue weighted by Gasteiger charge is 2.30. The minimum absolute atomic E-state index is 0.0224. The van der Waals surface area contributed by atoms with Crippen LogP contribution < -0.4 is 0 Å². The maximum atomic E-state index is 12.9. The molecule has 0 atom stereocenters. The predicted octanol–water partition coefficient (Wildman–Crippen LogP) is 7.49. The van der Waals surface area contributed by atoms with Gasteiger partial charge in [-0.3, -0.25) is 4.79 Å². The summed E-state index contributed by atoms with van der Waals surface area (Å²) < 4.78 is 44.1. The number of rotatable bonds is 17. The molecular formula is C30H36F3N3O4. The van der Waals surface area contributed by atoms with Crippen LogP contribution >= 0.6 is 0 Å². The third-order valence-corrected chi connectivity index (χ3v) is 6.46. The Morgan fingerprint density at radius 1 is 0.925 bits per heavy atom. The van der Waals surface area contributed by atoms with Crippen molar-refractivity contribution in [2.24, 2.45) is 0 Å². The van der Waals surface area contributed by atoms with Crippen molar-refractivity contribution in [2.45, 2.75) is 90.4 Å². The van der Waals surface area contributed by atoms with Gasteiger partial charge in [0.2, 0.25) is 6.29 Å². The third kappa shape index (κ3) is 10.6. The lowest BCUT2D eigenvalue weighted by molar-refractivity contribution is -0.195. The van der Waals surface area contributed by atoms with Gasteiger partial charge in [0.15, 0.2) is 5.82 Å². The van der Waals surface area contributed by atoms with Crippen LogP contribution in [0.2, 0.25) is 0 Å². The molecule has 0 fully saturated rings. The largest absolute Gasteiger partial charge is 0.416 e. The Hall–Kier alpha value is -3.53. The highest BCUT2D eigenvalue weighted by molar-refractivity contribution is 6.20. The standard InChI is InChI=1S/C30H36F3N3O4/c1-2-3-4-5-6-7-8-9-10-14-27-34-29(39-35-27)25-13-11-12-24(19-25)21-36(40-28(38)22-37)20-23-15-17-26(18-16-23)30(31,32)33/h11-13,15-19,22H,2-10,14,20-21H2,1H3. The van der Waals surface area contributed by atoms with E-state index in [2.05, 4.69) is 17.1 Å². The molecule has 40 heavy (non-hydrogen) atoms. The topological polar surface area (TPSA) is 85.5 Å². The summed E-state index contributed by atoms with van der Waals surface area (Å²) in [6.07, 6.45) is 7.40. The van der Waals surface area contributed by atoms with E-state index in [4.69, 9.17) is 9.36 Å². The van der Waals surface area contributed by atoms with Gasteiger partial charge in [-0.2, -0.15) is 18.2 Å². The molecule has 0 N–H and O–H groups in total. The van der Waals surface area contributed by atoms with E-state index in [0.29, 0.717) is 28.4 Å². The first-order valence-corrected chi connectivity index (χ1v) is 13.8. The lowest BCUT2D eigenvalue weighted by atomic mass is 10.1. The van der Waals surface area contributed by atoms with Crippen molar-refractivity contribution in [3.05, 3.63) is 71.0 Å². The summed E-state index contributed by atoms with van der Waals surface area (Å²) in [5, 5.41) is 5.31. The highest BCUT2D eigenvalue weighted by atomic mass is 19.4. The average molecular weight is 560 g/mol. The molecule has 0 bridgehead atoms. The van der Waals surface area contributed by atoms with Crippen molar-refractivity contribution >= 4 is 12.3 Å². The Labute approximate surface area is 232 Å². The number of unbranched alkanes of at least 4 members (excludes halogenated alkanes) is 8. The van der Waals surface area contributed by atoms with Crippen LogP contribution in [0.1, 0.15) is 87.2 Å². The molecular weight excluding hydrogens is 523 g/mol. The molecule has 10 heteroatoms. The number of carbonyl (C=O) groups is 2. The van der Waals surface area contributed by atoms with Crippen molar-refractivity contribution in [3.63, 3.8) is 0 Å². The van der Waals surface area contributed by atoms with Gasteiger partial charge in [0.05, 0.1) is 18.7 Å². The van der Waals surface area contributed by atoms with Crippen LogP contribution in [0.4, 0.5) is 13.2 Å². The first-order chi connectivity index (χ1) is 19.3. The molecule has 0 amide bonds. The zero-order valence-corrected chi connectivity index (χ0v) is 22.8. The molecule has 3 rings (SSSR count). The van der Waals surface area contributed by atoms with Gasteiger partial charge < -0.3 is 9.36 Å². The summed E-state index contributed by atoms with van der Waals surface area (Å²) in [5.41, 5.74) is 1.08. The van der Waals surface area contributed by atoms with Crippen LogP contribution in [-0.2, 0) is 40.1 Å². The first-order valence-electron chi connectivity index (χ1n) is 13.8. The van der Waals surface area contributed by atoms with Crippen LogP contribution in [0.5, 0.6) is 0 Å². The van der Waals surface area contributed by atoms with Crippen LogP contribution in [0.25, 0.3) is 11.5 Å². The van der Waals surface area contributed by atoms with Gasteiger partial charge in [-0.25, -0.2) is 4.79 Å². The molecule has 0 radical (unpaired) electrons. The fourth-order valence-electron chi connectivity index (χ4n) is 4.34. The average Bonchev–Trinajstić information content (AvgIpc) is 3.41. The van der Waals surface area contributed by atoms with Crippen molar-refractivity contribution in [3.8, 4) is 11.5 Å². The van der Waals surface area contributed by atoms with E-state index in [-0.39, 0.29) is 19.4 Å². The fourth-order valence-corrected chi connectivity index (χ4v) is 4.34. The number of nitrogens with zero attached hydrogens (tertiary/aromatic N) is 3. The Morgan fingerprint density at radius 2 is 1.57 bits per heavy atom. The summed E-state index contributed by atoms with van der Waals surface area (Å²) >= 11 is 0. The minimum atomic E-state index is -4.45. The predicted molar refractivity (Wildman–Crippen MR) is 144 cm³/mol. The van der Waals surface area contributed by atoms with Gasteiger partial charge in [-0.05, 0) is 41.8 Å². The molecule has 0 spiro atoms. The van der Waals surface area contributed by atoms with Crippen molar-refractivity contribution in [2.75, 3.05) is 0 Å². The molecule has 1 aromatic heterocycles. The summed E-state index contributed by atoms with van der Waals surface area (Å²) in [7, 11) is 0. The van der Waals surface area contributed by atoms with Crippen LogP contribution in [0.15, 0.2) is 53.1 Å². The second-order valence-electron chi connectivity index (χ2n) is 9.82. The Balaban J connectivity index is 1.56. The van der Waals surface area contributed by atoms with Crippen molar-refractivity contribution in [1.29, 1.82) is 0 Å². The number of aromatic nitrogens is 2. The van der Waals surface area contributed by atoms with E-state index >= 15 is 0 Å². The molecule has 7 nitrogen and oxygen atoms in total.